The maximum atomic E-state index is 13.6. The number of benzene rings is 2. The molecule has 0 saturated carbocycles. The Balaban J connectivity index is 1.48. The molecule has 0 spiro atoms. The number of carbonyl (C=O) groups excluding carboxylic acids is 1. The highest BCUT2D eigenvalue weighted by Gasteiger charge is 2.44. The molecule has 1 fully saturated rings. The van der Waals surface area contributed by atoms with Crippen molar-refractivity contribution < 1.29 is 18.7 Å². The number of carbonyl (C=O) groups is 1. The van der Waals surface area contributed by atoms with Crippen molar-refractivity contribution in [2.75, 3.05) is 13.1 Å². The zero-order valence-electron chi connectivity index (χ0n) is 17.7. The number of rotatable bonds is 2. The number of hydrogen-bond acceptors (Lipinski definition) is 5. The lowest BCUT2D eigenvalue weighted by Gasteiger charge is -2.35. The summed E-state index contributed by atoms with van der Waals surface area (Å²) in [5.74, 6) is -3.63. The lowest BCUT2D eigenvalue weighted by atomic mass is 10.0. The van der Waals surface area contributed by atoms with Gasteiger partial charge in [0.2, 0.25) is 0 Å². The van der Waals surface area contributed by atoms with Crippen LogP contribution in [0.2, 0.25) is 0 Å². The number of aliphatic hydroxyl groups is 1. The van der Waals surface area contributed by atoms with Gasteiger partial charge in [-0.2, -0.15) is 0 Å². The molecule has 9 heteroatoms. The molecule has 3 heterocycles. The first-order valence-electron chi connectivity index (χ1n) is 10.4. The van der Waals surface area contributed by atoms with E-state index in [-0.39, 0.29) is 17.7 Å². The molecular weight excluding hydrogens is 430 g/mol. The predicted molar refractivity (Wildman–Crippen MR) is 119 cm³/mol. The van der Waals surface area contributed by atoms with Gasteiger partial charge in [-0.15, -0.1) is 0 Å². The van der Waals surface area contributed by atoms with Crippen LogP contribution in [0.3, 0.4) is 0 Å². The fourth-order valence-corrected chi connectivity index (χ4v) is 4.04. The Morgan fingerprint density at radius 3 is 2.76 bits per heavy atom. The average Bonchev–Trinajstić information content (AvgIpc) is 2.82. The molecular formula is C24H20F2N4O3. The van der Waals surface area contributed by atoms with Crippen molar-refractivity contribution in [1.29, 1.82) is 0 Å². The van der Waals surface area contributed by atoms with Gasteiger partial charge in [-0.05, 0) is 41.8 Å². The number of halogens is 2. The third-order valence-corrected chi connectivity index (χ3v) is 6.05. The van der Waals surface area contributed by atoms with Crippen molar-refractivity contribution in [3.05, 3.63) is 70.8 Å². The normalized spacial score (nSPS) is 18.1. The summed E-state index contributed by atoms with van der Waals surface area (Å²) in [6.07, 6.45) is 0.857. The van der Waals surface area contributed by atoms with Gasteiger partial charge in [-0.3, -0.25) is 14.6 Å². The van der Waals surface area contributed by atoms with Crippen LogP contribution in [-0.2, 0) is 7.05 Å². The first-order valence-corrected chi connectivity index (χ1v) is 10.4. The van der Waals surface area contributed by atoms with Gasteiger partial charge in [-0.1, -0.05) is 6.07 Å². The van der Waals surface area contributed by atoms with Gasteiger partial charge < -0.3 is 14.6 Å². The quantitative estimate of drug-likeness (QED) is 0.507. The number of aryl methyl sites for hydroxylation is 1. The summed E-state index contributed by atoms with van der Waals surface area (Å²) in [5, 5.41) is 11.0. The van der Waals surface area contributed by atoms with Crippen LogP contribution < -0.4 is 5.56 Å². The number of β-amino-alcohol motifs (C(OH)–C–C–N with tert-alkyl or cyclic N) is 1. The third-order valence-electron chi connectivity index (χ3n) is 6.05. The summed E-state index contributed by atoms with van der Waals surface area (Å²) in [6.45, 7) is -0.560. The van der Waals surface area contributed by atoms with Crippen LogP contribution >= 0.6 is 0 Å². The van der Waals surface area contributed by atoms with Gasteiger partial charge in [0.15, 0.2) is 0 Å². The second-order valence-corrected chi connectivity index (χ2v) is 8.27. The van der Waals surface area contributed by atoms with Crippen molar-refractivity contribution in [2.45, 2.75) is 18.4 Å². The molecule has 1 amide bonds. The van der Waals surface area contributed by atoms with Gasteiger partial charge >= 0.3 is 0 Å². The number of nitrogens with zero attached hydrogens (tertiary/aromatic N) is 4. The summed E-state index contributed by atoms with van der Waals surface area (Å²) in [7, 11) is 1.69. The molecule has 1 aliphatic rings. The molecule has 168 valence electrons. The van der Waals surface area contributed by atoms with E-state index in [1.54, 1.807) is 49.8 Å². The standard InChI is InChI=1S/C24H20F2N4O3/c1-29-8-6-14-10-15(2-4-17(14)23(29)33)20-12-27-18-5-3-16(11-19(18)28-20)22(32)30-9-7-24(25,26)21(31)13-30/h2-6,8,10-12,21,31H,7,9,13H2,1H3/t21-/m0/s1. The number of aromatic nitrogens is 3. The summed E-state index contributed by atoms with van der Waals surface area (Å²) in [6, 6.07) is 12.0. The number of amides is 1. The van der Waals surface area contributed by atoms with Crippen LogP contribution in [0.25, 0.3) is 33.1 Å². The molecule has 1 atom stereocenters. The Bertz CT molecular complexity index is 1470. The van der Waals surface area contributed by atoms with Crippen molar-refractivity contribution in [3.63, 3.8) is 0 Å². The minimum atomic E-state index is -3.19. The second kappa shape index (κ2) is 7.70. The number of pyridine rings is 1. The summed E-state index contributed by atoms with van der Waals surface area (Å²) >= 11 is 0. The molecule has 1 N–H and O–H groups in total. The predicted octanol–water partition coefficient (Wildman–Crippen LogP) is 2.99. The van der Waals surface area contributed by atoms with Gasteiger partial charge in [-0.25, -0.2) is 13.8 Å². The zero-order chi connectivity index (χ0) is 23.3. The fraction of sp³-hybridized carbons (Fsp3) is 0.250. The van der Waals surface area contributed by atoms with E-state index < -0.39 is 30.9 Å². The Labute approximate surface area is 186 Å². The van der Waals surface area contributed by atoms with Crippen LogP contribution in [0.1, 0.15) is 16.8 Å². The highest BCUT2D eigenvalue weighted by Crippen LogP contribution is 2.29. The molecule has 0 aliphatic carbocycles. The first kappa shape index (κ1) is 21.1. The zero-order valence-corrected chi connectivity index (χ0v) is 17.7. The summed E-state index contributed by atoms with van der Waals surface area (Å²) in [5.41, 5.74) is 2.59. The summed E-state index contributed by atoms with van der Waals surface area (Å²) in [4.78, 5) is 35.4. The number of piperidine rings is 1. The number of fused-ring (bicyclic) bond motifs is 2. The van der Waals surface area contributed by atoms with E-state index in [4.69, 9.17) is 0 Å². The third kappa shape index (κ3) is 3.74. The van der Waals surface area contributed by atoms with Crippen LogP contribution in [0, 0.1) is 0 Å². The highest BCUT2D eigenvalue weighted by atomic mass is 19.3. The van der Waals surface area contributed by atoms with Gasteiger partial charge in [0.1, 0.15) is 6.10 Å². The monoisotopic (exact) mass is 450 g/mol. The Kier molecular flexibility index (Phi) is 4.93. The molecule has 5 rings (SSSR count). The molecule has 1 saturated heterocycles. The van der Waals surface area contributed by atoms with Crippen LogP contribution in [0.4, 0.5) is 8.78 Å². The fourth-order valence-electron chi connectivity index (χ4n) is 4.04. The maximum absolute atomic E-state index is 13.6. The minimum absolute atomic E-state index is 0.0904. The van der Waals surface area contributed by atoms with Crippen LogP contribution in [-0.4, -0.2) is 55.6 Å². The number of hydrogen-bond donors (Lipinski definition) is 1. The summed E-state index contributed by atoms with van der Waals surface area (Å²) < 4.78 is 28.6. The molecule has 0 bridgehead atoms. The molecule has 2 aromatic heterocycles. The molecule has 0 radical (unpaired) electrons. The van der Waals surface area contributed by atoms with E-state index in [1.165, 1.54) is 9.47 Å². The number of alkyl halides is 2. The van der Waals surface area contributed by atoms with E-state index in [2.05, 4.69) is 9.97 Å². The highest BCUT2D eigenvalue weighted by molar-refractivity contribution is 5.97. The minimum Gasteiger partial charge on any atom is -0.385 e. The van der Waals surface area contributed by atoms with E-state index in [9.17, 15) is 23.5 Å². The lowest BCUT2D eigenvalue weighted by molar-refractivity contribution is -0.141. The maximum Gasteiger partial charge on any atom is 0.276 e. The molecule has 33 heavy (non-hydrogen) atoms. The van der Waals surface area contributed by atoms with Crippen molar-refractivity contribution in [2.24, 2.45) is 7.05 Å². The van der Waals surface area contributed by atoms with Gasteiger partial charge in [0.25, 0.3) is 17.4 Å². The Morgan fingerprint density at radius 1 is 1.15 bits per heavy atom. The Hall–Kier alpha value is -3.72. The van der Waals surface area contributed by atoms with Crippen molar-refractivity contribution in [3.8, 4) is 11.3 Å². The second-order valence-electron chi connectivity index (χ2n) is 8.27. The number of aliphatic hydroxyl groups excluding tert-OH is 1. The Morgan fingerprint density at radius 2 is 1.97 bits per heavy atom. The van der Waals surface area contributed by atoms with E-state index in [0.717, 1.165) is 10.9 Å². The van der Waals surface area contributed by atoms with E-state index in [0.29, 0.717) is 22.1 Å². The SMILES string of the molecule is Cn1ccc2cc(-c3cnc4ccc(C(=O)N5CCC(F)(F)[C@@H](O)C5)cc4n3)ccc2c1=O. The molecule has 4 aromatic rings. The van der Waals surface area contributed by atoms with Crippen LogP contribution in [0.5, 0.6) is 0 Å². The van der Waals surface area contributed by atoms with Crippen molar-refractivity contribution >= 4 is 27.7 Å². The smallest absolute Gasteiger partial charge is 0.276 e. The number of likely N-dealkylation sites (tertiary alicyclic amines) is 1. The molecule has 2 aromatic carbocycles. The van der Waals surface area contributed by atoms with Gasteiger partial charge in [0.05, 0.1) is 29.5 Å². The first-order chi connectivity index (χ1) is 15.7. The van der Waals surface area contributed by atoms with Crippen LogP contribution in [0.15, 0.2) is 59.7 Å². The lowest BCUT2D eigenvalue weighted by Crippen LogP contribution is -2.52. The molecule has 0 unspecified atom stereocenters. The average molecular weight is 450 g/mol. The molecule has 7 nitrogen and oxygen atoms in total. The molecule has 1 aliphatic heterocycles. The van der Waals surface area contributed by atoms with E-state index >= 15 is 0 Å². The van der Waals surface area contributed by atoms with Crippen molar-refractivity contribution in [1.82, 2.24) is 19.4 Å². The largest absolute Gasteiger partial charge is 0.385 e. The van der Waals surface area contributed by atoms with Gasteiger partial charge in [0, 0.05) is 42.7 Å². The topological polar surface area (TPSA) is 88.3 Å². The van der Waals surface area contributed by atoms with E-state index in [1.807, 2.05) is 12.1 Å².